The number of carbonyl (C=O) groups excluding carboxylic acids is 3. The van der Waals surface area contributed by atoms with Gasteiger partial charge in [-0.25, -0.2) is 4.79 Å². The number of hydrogen-bond acceptors (Lipinski definition) is 7. The predicted molar refractivity (Wildman–Crippen MR) is 144 cm³/mol. The van der Waals surface area contributed by atoms with Gasteiger partial charge in [-0.2, -0.15) is 0 Å². The van der Waals surface area contributed by atoms with Crippen LogP contribution in [0.2, 0.25) is 0 Å². The van der Waals surface area contributed by atoms with Crippen molar-refractivity contribution in [3.05, 3.63) is 23.8 Å². The lowest BCUT2D eigenvalue weighted by atomic mass is 9.95. The maximum atomic E-state index is 12.5. The molecular formula is C29H42N4O5. The summed E-state index contributed by atoms with van der Waals surface area (Å²) in [6, 6.07) is 6.36. The smallest absolute Gasteiger partial charge is 0.410 e. The molecular weight excluding hydrogens is 484 g/mol. The quantitative estimate of drug-likeness (QED) is 0.601. The van der Waals surface area contributed by atoms with E-state index in [1.807, 2.05) is 31.7 Å². The Morgan fingerprint density at radius 3 is 2.37 bits per heavy atom. The van der Waals surface area contributed by atoms with Crippen LogP contribution in [0, 0.1) is 0 Å². The molecule has 1 aromatic rings. The van der Waals surface area contributed by atoms with Crippen LogP contribution in [0.3, 0.4) is 0 Å². The Labute approximate surface area is 225 Å². The molecule has 208 valence electrons. The lowest BCUT2D eigenvalue weighted by molar-refractivity contribution is -0.134. The molecule has 9 heteroatoms. The average molecular weight is 527 g/mol. The summed E-state index contributed by atoms with van der Waals surface area (Å²) in [6.07, 6.45) is 6.73. The Hall–Kier alpha value is -2.81. The van der Waals surface area contributed by atoms with Gasteiger partial charge in [0.25, 0.3) is 0 Å². The first-order chi connectivity index (χ1) is 18.2. The highest BCUT2D eigenvalue weighted by Gasteiger charge is 2.36. The van der Waals surface area contributed by atoms with Crippen LogP contribution in [-0.2, 0) is 20.7 Å². The summed E-state index contributed by atoms with van der Waals surface area (Å²) in [5, 5.41) is 2.50. The lowest BCUT2D eigenvalue weighted by Gasteiger charge is -2.42. The fraction of sp³-hybridized carbons (Fsp3) is 0.690. The minimum absolute atomic E-state index is 0.172. The Morgan fingerprint density at radius 2 is 1.68 bits per heavy atom. The zero-order chi connectivity index (χ0) is 26.9. The standard InChI is InChI=1S/C29H42N4O5/c1-29(2,3)38-28(36)32-16-11-20(12-17-32)31-18-13-21(14-19-31)37-25-8-4-7-23-22(25)6-5-15-33(23)24-9-10-26(34)30-27(24)35/h4,7-8,20-21,24H,5-6,9-19H2,1-3H3,(H,30,34,35). The summed E-state index contributed by atoms with van der Waals surface area (Å²) in [4.78, 5) is 43.2. The van der Waals surface area contributed by atoms with Gasteiger partial charge in [-0.1, -0.05) is 6.07 Å². The van der Waals surface area contributed by atoms with Crippen molar-refractivity contribution in [1.82, 2.24) is 15.1 Å². The van der Waals surface area contributed by atoms with Crippen molar-refractivity contribution < 1.29 is 23.9 Å². The number of likely N-dealkylation sites (tertiary alicyclic amines) is 2. The number of nitrogens with one attached hydrogen (secondary N) is 1. The maximum Gasteiger partial charge on any atom is 0.410 e. The van der Waals surface area contributed by atoms with Crippen molar-refractivity contribution in [2.45, 2.75) is 95.9 Å². The first kappa shape index (κ1) is 26.8. The zero-order valence-electron chi connectivity index (χ0n) is 23.0. The summed E-state index contributed by atoms with van der Waals surface area (Å²) >= 11 is 0. The van der Waals surface area contributed by atoms with Crippen LogP contribution >= 0.6 is 0 Å². The van der Waals surface area contributed by atoms with Crippen LogP contribution in [-0.4, -0.2) is 84.2 Å². The van der Waals surface area contributed by atoms with Crippen LogP contribution < -0.4 is 15.0 Å². The number of amides is 3. The molecule has 3 saturated heterocycles. The number of hydrogen-bond donors (Lipinski definition) is 1. The minimum Gasteiger partial charge on any atom is -0.490 e. The van der Waals surface area contributed by atoms with Gasteiger partial charge in [-0.05, 0) is 77.8 Å². The van der Waals surface area contributed by atoms with Crippen molar-refractivity contribution in [2.24, 2.45) is 0 Å². The number of carbonyl (C=O) groups is 3. The van der Waals surface area contributed by atoms with Gasteiger partial charge in [-0.3, -0.25) is 19.8 Å². The first-order valence-electron chi connectivity index (χ1n) is 14.3. The Kier molecular flexibility index (Phi) is 7.84. The zero-order valence-corrected chi connectivity index (χ0v) is 23.0. The second-order valence-electron chi connectivity index (χ2n) is 12.1. The first-order valence-corrected chi connectivity index (χ1v) is 14.3. The second kappa shape index (κ2) is 11.1. The van der Waals surface area contributed by atoms with E-state index in [2.05, 4.69) is 27.2 Å². The molecule has 4 aliphatic rings. The van der Waals surface area contributed by atoms with Crippen LogP contribution in [0.5, 0.6) is 5.75 Å². The fourth-order valence-corrected chi connectivity index (χ4v) is 6.31. The number of imide groups is 1. The molecule has 1 N–H and O–H groups in total. The summed E-state index contributed by atoms with van der Waals surface area (Å²) in [5.41, 5.74) is 1.79. The SMILES string of the molecule is CC(C)(C)OC(=O)N1CCC(N2CCC(Oc3cccc4c3CCCN4C3CCC(=O)NC3=O)CC2)CC1. The molecule has 3 fully saturated rings. The molecule has 5 rings (SSSR count). The molecule has 4 heterocycles. The van der Waals surface area contributed by atoms with E-state index in [4.69, 9.17) is 9.47 Å². The van der Waals surface area contributed by atoms with Gasteiger partial charge in [0.2, 0.25) is 11.8 Å². The number of ether oxygens (including phenoxy) is 2. The van der Waals surface area contributed by atoms with E-state index in [0.29, 0.717) is 18.9 Å². The highest BCUT2D eigenvalue weighted by molar-refractivity contribution is 6.01. The molecule has 0 aromatic heterocycles. The summed E-state index contributed by atoms with van der Waals surface area (Å²) in [5.74, 6) is 0.564. The lowest BCUT2D eigenvalue weighted by Crippen LogP contribution is -2.54. The van der Waals surface area contributed by atoms with E-state index < -0.39 is 5.60 Å². The number of anilines is 1. The molecule has 9 nitrogen and oxygen atoms in total. The fourth-order valence-electron chi connectivity index (χ4n) is 6.31. The third kappa shape index (κ3) is 6.08. The Balaban J connectivity index is 1.14. The van der Waals surface area contributed by atoms with E-state index in [1.54, 1.807) is 0 Å². The molecule has 4 aliphatic heterocycles. The predicted octanol–water partition coefficient (Wildman–Crippen LogP) is 3.49. The Bertz CT molecular complexity index is 1040. The topological polar surface area (TPSA) is 91.4 Å². The molecule has 0 aliphatic carbocycles. The van der Waals surface area contributed by atoms with Crippen LogP contribution in [0.4, 0.5) is 10.5 Å². The second-order valence-corrected chi connectivity index (χ2v) is 12.1. The Morgan fingerprint density at radius 1 is 0.947 bits per heavy atom. The summed E-state index contributed by atoms with van der Waals surface area (Å²) in [6.45, 7) is 10.0. The van der Waals surface area contributed by atoms with Gasteiger partial charge in [0.15, 0.2) is 0 Å². The summed E-state index contributed by atoms with van der Waals surface area (Å²) < 4.78 is 12.1. The molecule has 38 heavy (non-hydrogen) atoms. The molecule has 1 atom stereocenters. The van der Waals surface area contributed by atoms with Crippen molar-refractivity contribution in [2.75, 3.05) is 37.6 Å². The van der Waals surface area contributed by atoms with Crippen molar-refractivity contribution in [1.29, 1.82) is 0 Å². The van der Waals surface area contributed by atoms with E-state index in [9.17, 15) is 14.4 Å². The van der Waals surface area contributed by atoms with Gasteiger partial charge in [0.05, 0.1) is 0 Å². The molecule has 0 radical (unpaired) electrons. The summed E-state index contributed by atoms with van der Waals surface area (Å²) in [7, 11) is 0. The normalized spacial score (nSPS) is 24.1. The number of piperidine rings is 3. The number of benzene rings is 1. The van der Waals surface area contributed by atoms with Crippen molar-refractivity contribution >= 4 is 23.6 Å². The number of nitrogens with zero attached hydrogens (tertiary/aromatic N) is 3. The van der Waals surface area contributed by atoms with Gasteiger partial charge in [0.1, 0.15) is 23.5 Å². The van der Waals surface area contributed by atoms with Gasteiger partial charge < -0.3 is 19.3 Å². The van der Waals surface area contributed by atoms with E-state index in [-0.39, 0.29) is 30.1 Å². The van der Waals surface area contributed by atoms with Crippen molar-refractivity contribution in [3.63, 3.8) is 0 Å². The molecule has 1 unspecified atom stereocenters. The van der Waals surface area contributed by atoms with Gasteiger partial charge >= 0.3 is 6.09 Å². The van der Waals surface area contributed by atoms with E-state index >= 15 is 0 Å². The monoisotopic (exact) mass is 526 g/mol. The average Bonchev–Trinajstić information content (AvgIpc) is 2.88. The van der Waals surface area contributed by atoms with Crippen molar-refractivity contribution in [3.8, 4) is 5.75 Å². The minimum atomic E-state index is -0.461. The highest BCUT2D eigenvalue weighted by atomic mass is 16.6. The molecule has 0 saturated carbocycles. The van der Waals surface area contributed by atoms with Crippen LogP contribution in [0.1, 0.15) is 71.3 Å². The molecule has 3 amide bonds. The third-order valence-electron chi connectivity index (χ3n) is 8.23. The van der Waals surface area contributed by atoms with E-state index in [0.717, 1.165) is 82.7 Å². The third-order valence-corrected chi connectivity index (χ3v) is 8.23. The van der Waals surface area contributed by atoms with Crippen LogP contribution in [0.25, 0.3) is 0 Å². The number of rotatable bonds is 4. The molecule has 0 bridgehead atoms. The largest absolute Gasteiger partial charge is 0.490 e. The maximum absolute atomic E-state index is 12.5. The number of fused-ring (bicyclic) bond motifs is 1. The highest BCUT2D eigenvalue weighted by Crippen LogP contribution is 2.37. The van der Waals surface area contributed by atoms with Gasteiger partial charge in [0, 0.05) is 56.4 Å². The van der Waals surface area contributed by atoms with E-state index in [1.165, 1.54) is 5.56 Å². The van der Waals surface area contributed by atoms with Gasteiger partial charge in [-0.15, -0.1) is 0 Å². The molecule has 1 aromatic carbocycles. The van der Waals surface area contributed by atoms with Crippen LogP contribution in [0.15, 0.2) is 18.2 Å². The molecule has 0 spiro atoms.